The summed E-state index contributed by atoms with van der Waals surface area (Å²) in [6.45, 7) is 6.92. The molecule has 0 fully saturated rings. The van der Waals surface area contributed by atoms with Gasteiger partial charge in [0.2, 0.25) is 0 Å². The number of benzene rings is 1. The zero-order chi connectivity index (χ0) is 12.3. The first-order valence-electron chi connectivity index (χ1n) is 6.60. The highest BCUT2D eigenvalue weighted by atomic mass is 14.4. The van der Waals surface area contributed by atoms with Crippen molar-refractivity contribution < 1.29 is 0 Å². The van der Waals surface area contributed by atoms with Crippen LogP contribution in [0.25, 0.3) is 0 Å². The third kappa shape index (κ3) is 2.09. The van der Waals surface area contributed by atoms with Crippen molar-refractivity contribution in [2.75, 3.05) is 0 Å². The third-order valence-corrected chi connectivity index (χ3v) is 4.22. The minimum absolute atomic E-state index is 0.173. The Balaban J connectivity index is 2.44. The number of hydrogen-bond acceptors (Lipinski definition) is 0. The molecule has 0 radical (unpaired) electrons. The minimum Gasteiger partial charge on any atom is -0.0802 e. The van der Waals surface area contributed by atoms with Crippen molar-refractivity contribution in [2.45, 2.75) is 39.0 Å². The Morgan fingerprint density at radius 2 is 1.88 bits per heavy atom. The van der Waals surface area contributed by atoms with Crippen molar-refractivity contribution in [3.63, 3.8) is 0 Å². The first-order chi connectivity index (χ1) is 8.19. The molecule has 2 atom stereocenters. The van der Waals surface area contributed by atoms with Crippen molar-refractivity contribution in [2.24, 2.45) is 5.92 Å². The summed E-state index contributed by atoms with van der Waals surface area (Å²) in [6, 6.07) is 10.9. The summed E-state index contributed by atoms with van der Waals surface area (Å²) in [5.41, 5.74) is 3.09. The molecule has 1 aliphatic rings. The molecule has 0 aliphatic heterocycles. The van der Waals surface area contributed by atoms with Crippen LogP contribution in [-0.4, -0.2) is 0 Å². The van der Waals surface area contributed by atoms with Gasteiger partial charge in [0.25, 0.3) is 0 Å². The Hall–Kier alpha value is -1.30. The van der Waals surface area contributed by atoms with Gasteiger partial charge in [0, 0.05) is 5.41 Å². The fourth-order valence-corrected chi connectivity index (χ4v) is 2.91. The summed E-state index contributed by atoms with van der Waals surface area (Å²) in [4.78, 5) is 0. The molecule has 0 spiro atoms. The van der Waals surface area contributed by atoms with Crippen LogP contribution in [0.4, 0.5) is 0 Å². The molecule has 0 heteroatoms. The molecule has 2 unspecified atom stereocenters. The monoisotopic (exact) mass is 226 g/mol. The van der Waals surface area contributed by atoms with Crippen molar-refractivity contribution in [1.82, 2.24) is 0 Å². The van der Waals surface area contributed by atoms with E-state index in [-0.39, 0.29) is 5.41 Å². The molecule has 0 heterocycles. The minimum atomic E-state index is 0.173. The van der Waals surface area contributed by atoms with Gasteiger partial charge in [0.15, 0.2) is 0 Å². The Morgan fingerprint density at radius 3 is 2.53 bits per heavy atom. The van der Waals surface area contributed by atoms with Crippen LogP contribution in [0.1, 0.15) is 39.2 Å². The van der Waals surface area contributed by atoms with Crippen LogP contribution in [0.15, 0.2) is 54.1 Å². The van der Waals surface area contributed by atoms with E-state index in [4.69, 9.17) is 0 Å². The molecule has 1 aliphatic carbocycles. The lowest BCUT2D eigenvalue weighted by Gasteiger charge is -2.40. The average molecular weight is 226 g/mol. The lowest BCUT2D eigenvalue weighted by atomic mass is 9.64. The van der Waals surface area contributed by atoms with Gasteiger partial charge in [0.05, 0.1) is 0 Å². The van der Waals surface area contributed by atoms with Gasteiger partial charge in [-0.15, -0.1) is 0 Å². The van der Waals surface area contributed by atoms with Crippen LogP contribution in [0, 0.1) is 5.92 Å². The van der Waals surface area contributed by atoms with Gasteiger partial charge in [-0.05, 0) is 24.8 Å². The SMILES string of the molecule is CCCC1C=CC=C(C)C1(C)c1ccccc1. The van der Waals surface area contributed by atoms with Crippen molar-refractivity contribution >= 4 is 0 Å². The summed E-state index contributed by atoms with van der Waals surface area (Å²) < 4.78 is 0. The molecule has 0 saturated heterocycles. The Kier molecular flexibility index (Phi) is 3.51. The highest BCUT2D eigenvalue weighted by Crippen LogP contribution is 2.43. The standard InChI is InChI=1S/C17H22/c1-4-9-15-13-8-10-14(2)17(15,3)16-11-6-5-7-12-16/h5-8,10-13,15H,4,9H2,1-3H3. The second kappa shape index (κ2) is 4.91. The number of hydrogen-bond donors (Lipinski definition) is 0. The predicted octanol–water partition coefficient (Wildman–Crippen LogP) is 4.88. The van der Waals surface area contributed by atoms with Crippen LogP contribution in [0.2, 0.25) is 0 Å². The van der Waals surface area contributed by atoms with E-state index in [2.05, 4.69) is 69.3 Å². The van der Waals surface area contributed by atoms with Crippen LogP contribution in [0.5, 0.6) is 0 Å². The first-order valence-corrected chi connectivity index (χ1v) is 6.60. The molecule has 0 saturated carbocycles. The van der Waals surface area contributed by atoms with E-state index in [0.717, 1.165) is 0 Å². The molecule has 0 amide bonds. The van der Waals surface area contributed by atoms with Crippen LogP contribution in [0.3, 0.4) is 0 Å². The Bertz CT molecular complexity index is 425. The van der Waals surface area contributed by atoms with Gasteiger partial charge in [-0.25, -0.2) is 0 Å². The molecular weight excluding hydrogens is 204 g/mol. The van der Waals surface area contributed by atoms with E-state index in [1.807, 2.05) is 0 Å². The van der Waals surface area contributed by atoms with Crippen molar-refractivity contribution in [3.8, 4) is 0 Å². The summed E-state index contributed by atoms with van der Waals surface area (Å²) >= 11 is 0. The lowest BCUT2D eigenvalue weighted by Crippen LogP contribution is -2.33. The molecule has 0 nitrogen and oxygen atoms in total. The van der Waals surface area contributed by atoms with E-state index in [1.54, 1.807) is 0 Å². The van der Waals surface area contributed by atoms with Crippen molar-refractivity contribution in [3.05, 3.63) is 59.7 Å². The summed E-state index contributed by atoms with van der Waals surface area (Å²) in [7, 11) is 0. The molecular formula is C17H22. The molecule has 0 aromatic heterocycles. The molecule has 1 aromatic carbocycles. The number of allylic oxidation sites excluding steroid dienone is 4. The van der Waals surface area contributed by atoms with Crippen molar-refractivity contribution in [1.29, 1.82) is 0 Å². The van der Waals surface area contributed by atoms with E-state index in [0.29, 0.717) is 5.92 Å². The third-order valence-electron chi connectivity index (χ3n) is 4.22. The van der Waals surface area contributed by atoms with E-state index in [9.17, 15) is 0 Å². The fourth-order valence-electron chi connectivity index (χ4n) is 2.91. The molecule has 0 bridgehead atoms. The summed E-state index contributed by atoms with van der Waals surface area (Å²) in [6.07, 6.45) is 9.36. The van der Waals surface area contributed by atoms with Gasteiger partial charge in [-0.3, -0.25) is 0 Å². The molecule has 2 rings (SSSR count). The van der Waals surface area contributed by atoms with Gasteiger partial charge < -0.3 is 0 Å². The zero-order valence-electron chi connectivity index (χ0n) is 11.1. The average Bonchev–Trinajstić information content (AvgIpc) is 2.36. The molecule has 1 aromatic rings. The van der Waals surface area contributed by atoms with E-state index < -0.39 is 0 Å². The lowest BCUT2D eigenvalue weighted by molar-refractivity contribution is 0.375. The molecule has 90 valence electrons. The fraction of sp³-hybridized carbons (Fsp3) is 0.412. The summed E-state index contributed by atoms with van der Waals surface area (Å²) in [5.74, 6) is 0.625. The van der Waals surface area contributed by atoms with E-state index >= 15 is 0 Å². The summed E-state index contributed by atoms with van der Waals surface area (Å²) in [5, 5.41) is 0. The predicted molar refractivity (Wildman–Crippen MR) is 75.1 cm³/mol. The first kappa shape index (κ1) is 12.2. The normalized spacial score (nSPS) is 27.9. The number of rotatable bonds is 3. The highest BCUT2D eigenvalue weighted by Gasteiger charge is 2.36. The molecule has 17 heavy (non-hydrogen) atoms. The van der Waals surface area contributed by atoms with Gasteiger partial charge in [-0.1, -0.05) is 74.4 Å². The second-order valence-electron chi connectivity index (χ2n) is 5.20. The van der Waals surface area contributed by atoms with Crippen LogP contribution >= 0.6 is 0 Å². The van der Waals surface area contributed by atoms with Gasteiger partial charge in [0.1, 0.15) is 0 Å². The highest BCUT2D eigenvalue weighted by molar-refractivity contribution is 5.41. The Labute approximate surface area is 105 Å². The topological polar surface area (TPSA) is 0 Å². The maximum Gasteiger partial charge on any atom is 0.0196 e. The quantitative estimate of drug-likeness (QED) is 0.689. The maximum absolute atomic E-state index is 2.39. The van der Waals surface area contributed by atoms with Gasteiger partial charge in [-0.2, -0.15) is 0 Å². The molecule has 0 N–H and O–H groups in total. The van der Waals surface area contributed by atoms with Crippen LogP contribution < -0.4 is 0 Å². The maximum atomic E-state index is 2.39. The van der Waals surface area contributed by atoms with Gasteiger partial charge >= 0.3 is 0 Å². The Morgan fingerprint density at radius 1 is 1.18 bits per heavy atom. The second-order valence-corrected chi connectivity index (χ2v) is 5.20. The van der Waals surface area contributed by atoms with Crippen LogP contribution in [-0.2, 0) is 5.41 Å². The zero-order valence-corrected chi connectivity index (χ0v) is 11.1. The smallest absolute Gasteiger partial charge is 0.0196 e. The van der Waals surface area contributed by atoms with E-state index in [1.165, 1.54) is 24.0 Å². The largest absolute Gasteiger partial charge is 0.0802 e.